The number of methoxy groups -OCH3 is 2. The highest BCUT2D eigenvalue weighted by Gasteiger charge is 2.19. The molecule has 0 spiro atoms. The number of rotatable bonds is 5. The summed E-state index contributed by atoms with van der Waals surface area (Å²) >= 11 is 0. The van der Waals surface area contributed by atoms with Gasteiger partial charge in [0.25, 0.3) is 10.0 Å². The number of sulfonamides is 1. The molecule has 0 saturated heterocycles. The fourth-order valence-corrected chi connectivity index (χ4v) is 2.90. The van der Waals surface area contributed by atoms with Gasteiger partial charge in [0.15, 0.2) is 11.5 Å². The Bertz CT molecular complexity index is 753. The van der Waals surface area contributed by atoms with E-state index in [4.69, 9.17) is 9.47 Å². The first-order valence-electron chi connectivity index (χ1n) is 6.12. The lowest BCUT2D eigenvalue weighted by Gasteiger charge is -2.11. The Labute approximate surface area is 123 Å². The summed E-state index contributed by atoms with van der Waals surface area (Å²) in [5, 5.41) is 4.00. The lowest BCUT2D eigenvalue weighted by Crippen LogP contribution is -2.13. The molecule has 1 aromatic heterocycles. The highest BCUT2D eigenvalue weighted by atomic mass is 32.2. The number of ether oxygens (including phenoxy) is 2. The van der Waals surface area contributed by atoms with Crippen molar-refractivity contribution in [1.82, 2.24) is 9.78 Å². The Hall–Kier alpha value is -2.22. The van der Waals surface area contributed by atoms with Crippen LogP contribution in [0.5, 0.6) is 11.5 Å². The Morgan fingerprint density at radius 3 is 2.38 bits per heavy atom. The second-order valence-corrected chi connectivity index (χ2v) is 6.07. The summed E-state index contributed by atoms with van der Waals surface area (Å²) in [6, 6.07) is 4.41. The number of hydrogen-bond acceptors (Lipinski definition) is 5. The molecule has 114 valence electrons. The van der Waals surface area contributed by atoms with Gasteiger partial charge in [0.2, 0.25) is 0 Å². The summed E-state index contributed by atoms with van der Waals surface area (Å²) in [6.45, 7) is 1.78. The number of nitrogens with one attached hydrogen (secondary N) is 1. The van der Waals surface area contributed by atoms with Gasteiger partial charge >= 0.3 is 0 Å². The maximum Gasteiger partial charge on any atom is 0.262 e. The van der Waals surface area contributed by atoms with Gasteiger partial charge in [-0.1, -0.05) is 0 Å². The number of nitrogens with zero attached hydrogens (tertiary/aromatic N) is 2. The monoisotopic (exact) mass is 311 g/mol. The summed E-state index contributed by atoms with van der Waals surface area (Å²) in [4.78, 5) is 0.0865. The smallest absolute Gasteiger partial charge is 0.262 e. The van der Waals surface area contributed by atoms with Crippen molar-refractivity contribution in [2.24, 2.45) is 7.05 Å². The zero-order valence-electron chi connectivity index (χ0n) is 12.2. The number of aryl methyl sites for hydroxylation is 1. The molecule has 0 saturated carbocycles. The molecule has 0 aliphatic heterocycles. The van der Waals surface area contributed by atoms with Gasteiger partial charge in [-0.15, -0.1) is 0 Å². The number of hydrogen-bond donors (Lipinski definition) is 1. The lowest BCUT2D eigenvalue weighted by molar-refractivity contribution is 0.354. The Morgan fingerprint density at radius 2 is 1.86 bits per heavy atom. The summed E-state index contributed by atoms with van der Waals surface area (Å²) < 4.78 is 39.1. The van der Waals surface area contributed by atoms with Crippen LogP contribution < -0.4 is 14.2 Å². The van der Waals surface area contributed by atoms with Gasteiger partial charge in [0, 0.05) is 13.1 Å². The molecule has 2 rings (SSSR count). The van der Waals surface area contributed by atoms with E-state index < -0.39 is 10.0 Å². The first-order valence-corrected chi connectivity index (χ1v) is 7.61. The van der Waals surface area contributed by atoms with E-state index in [-0.39, 0.29) is 4.90 Å². The van der Waals surface area contributed by atoms with Gasteiger partial charge in [-0.25, -0.2) is 8.42 Å². The maximum atomic E-state index is 12.4. The van der Waals surface area contributed by atoms with Crippen LogP contribution in [0.2, 0.25) is 0 Å². The van der Waals surface area contributed by atoms with Crippen LogP contribution in [-0.2, 0) is 17.1 Å². The third-order valence-corrected chi connectivity index (χ3v) is 4.51. The van der Waals surface area contributed by atoms with Crippen LogP contribution in [0.1, 0.15) is 5.69 Å². The number of aromatic nitrogens is 2. The number of anilines is 1. The molecule has 0 bridgehead atoms. The molecule has 0 unspecified atom stereocenters. The SMILES string of the molecule is COc1ccc(S(=O)(=O)Nc2cnn(C)c2C)cc1OC. The van der Waals surface area contributed by atoms with Crippen molar-refractivity contribution >= 4 is 15.7 Å². The van der Waals surface area contributed by atoms with Crippen molar-refractivity contribution in [1.29, 1.82) is 0 Å². The van der Waals surface area contributed by atoms with E-state index in [1.165, 1.54) is 32.5 Å². The van der Waals surface area contributed by atoms with E-state index in [1.54, 1.807) is 24.7 Å². The molecule has 1 N–H and O–H groups in total. The van der Waals surface area contributed by atoms with E-state index in [0.717, 1.165) is 5.69 Å². The van der Waals surface area contributed by atoms with Crippen LogP contribution in [0.15, 0.2) is 29.3 Å². The van der Waals surface area contributed by atoms with Crippen molar-refractivity contribution in [2.75, 3.05) is 18.9 Å². The van der Waals surface area contributed by atoms with Gasteiger partial charge in [-0.05, 0) is 19.1 Å². The van der Waals surface area contributed by atoms with Crippen LogP contribution in [0.4, 0.5) is 5.69 Å². The van der Waals surface area contributed by atoms with Crippen molar-refractivity contribution in [3.8, 4) is 11.5 Å². The molecule has 1 heterocycles. The molecule has 2 aromatic rings. The first kappa shape index (κ1) is 15.2. The molecule has 0 aliphatic carbocycles. The molecule has 0 fully saturated rings. The molecule has 8 heteroatoms. The zero-order chi connectivity index (χ0) is 15.6. The van der Waals surface area contributed by atoms with Crippen LogP contribution in [-0.4, -0.2) is 32.4 Å². The summed E-state index contributed by atoms with van der Waals surface area (Å²) in [6.07, 6.45) is 1.47. The van der Waals surface area contributed by atoms with Crippen LogP contribution in [0.3, 0.4) is 0 Å². The molecule has 0 atom stereocenters. The standard InChI is InChI=1S/C13H17N3O4S/c1-9-11(8-14-16(9)2)15-21(17,18)10-5-6-12(19-3)13(7-10)20-4/h5-8,15H,1-4H3. The van der Waals surface area contributed by atoms with Gasteiger partial charge in [0.05, 0.1) is 36.7 Å². The third kappa shape index (κ3) is 2.94. The maximum absolute atomic E-state index is 12.4. The molecule has 7 nitrogen and oxygen atoms in total. The molecule has 1 aromatic carbocycles. The fraction of sp³-hybridized carbons (Fsp3) is 0.308. The van der Waals surface area contributed by atoms with Gasteiger partial charge in [0.1, 0.15) is 0 Å². The topological polar surface area (TPSA) is 82.5 Å². The van der Waals surface area contributed by atoms with E-state index in [9.17, 15) is 8.42 Å². The lowest BCUT2D eigenvalue weighted by atomic mass is 10.3. The Balaban J connectivity index is 2.38. The molecular formula is C13H17N3O4S. The highest BCUT2D eigenvalue weighted by Crippen LogP contribution is 2.30. The quantitative estimate of drug-likeness (QED) is 0.906. The summed E-state index contributed by atoms with van der Waals surface area (Å²) in [5.41, 5.74) is 1.16. The molecule has 0 radical (unpaired) electrons. The van der Waals surface area contributed by atoms with Crippen LogP contribution in [0.25, 0.3) is 0 Å². The van der Waals surface area contributed by atoms with Crippen molar-refractivity contribution in [2.45, 2.75) is 11.8 Å². The van der Waals surface area contributed by atoms with Gasteiger partial charge in [-0.3, -0.25) is 9.40 Å². The average molecular weight is 311 g/mol. The van der Waals surface area contributed by atoms with Crippen molar-refractivity contribution < 1.29 is 17.9 Å². The van der Waals surface area contributed by atoms with Crippen LogP contribution in [0, 0.1) is 6.92 Å². The minimum Gasteiger partial charge on any atom is -0.493 e. The minimum atomic E-state index is -3.72. The predicted molar refractivity (Wildman–Crippen MR) is 78.3 cm³/mol. The molecule has 0 aliphatic rings. The second-order valence-electron chi connectivity index (χ2n) is 4.39. The van der Waals surface area contributed by atoms with Crippen molar-refractivity contribution in [3.05, 3.63) is 30.1 Å². The highest BCUT2D eigenvalue weighted by molar-refractivity contribution is 7.92. The normalized spacial score (nSPS) is 11.2. The van der Waals surface area contributed by atoms with Gasteiger partial charge in [-0.2, -0.15) is 5.10 Å². The number of benzene rings is 1. The second kappa shape index (κ2) is 5.65. The molecule has 21 heavy (non-hydrogen) atoms. The fourth-order valence-electron chi connectivity index (χ4n) is 1.79. The zero-order valence-corrected chi connectivity index (χ0v) is 13.1. The van der Waals surface area contributed by atoms with Crippen LogP contribution >= 0.6 is 0 Å². The summed E-state index contributed by atoms with van der Waals surface area (Å²) in [7, 11) is 0.961. The minimum absolute atomic E-state index is 0.0865. The third-order valence-electron chi connectivity index (χ3n) is 3.14. The first-order chi connectivity index (χ1) is 9.89. The molecular weight excluding hydrogens is 294 g/mol. The largest absolute Gasteiger partial charge is 0.493 e. The predicted octanol–water partition coefficient (Wildman–Crippen LogP) is 1.55. The summed E-state index contributed by atoms with van der Waals surface area (Å²) in [5.74, 6) is 0.817. The Kier molecular flexibility index (Phi) is 4.08. The molecule has 0 amide bonds. The van der Waals surface area contributed by atoms with E-state index >= 15 is 0 Å². The van der Waals surface area contributed by atoms with Crippen molar-refractivity contribution in [3.63, 3.8) is 0 Å². The van der Waals surface area contributed by atoms with E-state index in [2.05, 4.69) is 9.82 Å². The Morgan fingerprint density at radius 1 is 1.19 bits per heavy atom. The van der Waals surface area contributed by atoms with Gasteiger partial charge < -0.3 is 9.47 Å². The van der Waals surface area contributed by atoms with E-state index in [1.807, 2.05) is 0 Å². The van der Waals surface area contributed by atoms with E-state index in [0.29, 0.717) is 17.2 Å². The average Bonchev–Trinajstić information content (AvgIpc) is 2.78.